The van der Waals surface area contributed by atoms with Crippen LogP contribution in [-0.2, 0) is 0 Å². The summed E-state index contributed by atoms with van der Waals surface area (Å²) in [6.45, 7) is 8.86. The number of hydrogen-bond acceptors (Lipinski definition) is 3. The Balaban J connectivity index is 0. The smallest absolute Gasteiger partial charge is 0.0682 e. The maximum atomic E-state index is 9.05. The topological polar surface area (TPSA) is 43.7 Å². The molecule has 3 heteroatoms. The SMILES string of the molecule is CC.CC.CN1C[C@H](O)C[C@@H]1CO. The lowest BCUT2D eigenvalue weighted by atomic mass is 10.2. The standard InChI is InChI=1S/C6H13NO2.2C2H6/c1-7-3-6(9)2-5(7)4-8;2*1-2/h5-6,8-9H,2-4H2,1H3;2*1-2H3/t5-,6-;;/m1../s1. The molecule has 0 saturated carbocycles. The predicted octanol–water partition coefficient (Wildman–Crippen LogP) is 1.10. The van der Waals surface area contributed by atoms with Crippen LogP contribution in [0.2, 0.25) is 0 Å². The summed E-state index contributed by atoms with van der Waals surface area (Å²) < 4.78 is 0. The summed E-state index contributed by atoms with van der Waals surface area (Å²) in [4.78, 5) is 1.98. The van der Waals surface area contributed by atoms with Crippen LogP contribution in [0.1, 0.15) is 34.1 Å². The van der Waals surface area contributed by atoms with Gasteiger partial charge in [-0.15, -0.1) is 0 Å². The summed E-state index contributed by atoms with van der Waals surface area (Å²) in [5.41, 5.74) is 0. The van der Waals surface area contributed by atoms with Gasteiger partial charge in [-0.3, -0.25) is 4.90 Å². The van der Waals surface area contributed by atoms with Crippen molar-refractivity contribution < 1.29 is 10.2 Å². The molecule has 0 aromatic heterocycles. The molecule has 1 saturated heterocycles. The molecular formula is C10H25NO2. The molecule has 2 N–H and O–H groups in total. The highest BCUT2D eigenvalue weighted by molar-refractivity contribution is 4.81. The van der Waals surface area contributed by atoms with Gasteiger partial charge in [0.2, 0.25) is 0 Å². The summed E-state index contributed by atoms with van der Waals surface area (Å²) in [7, 11) is 1.91. The van der Waals surface area contributed by atoms with E-state index in [4.69, 9.17) is 10.2 Å². The van der Waals surface area contributed by atoms with Crippen LogP contribution in [0.3, 0.4) is 0 Å². The Morgan fingerprint density at radius 3 is 1.85 bits per heavy atom. The van der Waals surface area contributed by atoms with E-state index in [1.54, 1.807) is 0 Å². The zero-order chi connectivity index (χ0) is 10.9. The minimum Gasteiger partial charge on any atom is -0.395 e. The van der Waals surface area contributed by atoms with E-state index < -0.39 is 0 Å². The first-order chi connectivity index (χ1) is 6.24. The van der Waals surface area contributed by atoms with E-state index in [1.807, 2.05) is 39.6 Å². The molecule has 0 aromatic rings. The Morgan fingerprint density at radius 1 is 1.23 bits per heavy atom. The van der Waals surface area contributed by atoms with Gasteiger partial charge in [0.1, 0.15) is 0 Å². The largest absolute Gasteiger partial charge is 0.395 e. The van der Waals surface area contributed by atoms with Crippen LogP contribution >= 0.6 is 0 Å². The lowest BCUT2D eigenvalue weighted by molar-refractivity contribution is 0.180. The Kier molecular flexibility index (Phi) is 11.8. The molecule has 1 rings (SSSR count). The molecule has 82 valence electrons. The van der Waals surface area contributed by atoms with Crippen LogP contribution in [0.25, 0.3) is 0 Å². The number of aliphatic hydroxyl groups is 2. The molecule has 0 aromatic carbocycles. The molecular weight excluding hydrogens is 166 g/mol. The van der Waals surface area contributed by atoms with Gasteiger partial charge in [0, 0.05) is 12.6 Å². The summed E-state index contributed by atoms with van der Waals surface area (Å²) in [5.74, 6) is 0. The van der Waals surface area contributed by atoms with Gasteiger partial charge in [-0.1, -0.05) is 27.7 Å². The highest BCUT2D eigenvalue weighted by Crippen LogP contribution is 2.13. The zero-order valence-electron chi connectivity index (χ0n) is 9.62. The number of likely N-dealkylation sites (N-methyl/N-ethyl adjacent to an activating group) is 1. The van der Waals surface area contributed by atoms with Crippen LogP contribution < -0.4 is 0 Å². The molecule has 13 heavy (non-hydrogen) atoms. The highest BCUT2D eigenvalue weighted by atomic mass is 16.3. The second-order valence-corrected chi connectivity index (χ2v) is 2.67. The van der Waals surface area contributed by atoms with Crippen molar-refractivity contribution >= 4 is 0 Å². The van der Waals surface area contributed by atoms with E-state index in [1.165, 1.54) is 0 Å². The molecule has 0 unspecified atom stereocenters. The van der Waals surface area contributed by atoms with Crippen molar-refractivity contribution in [3.05, 3.63) is 0 Å². The Labute approximate surface area is 82.4 Å². The lowest BCUT2D eigenvalue weighted by Gasteiger charge is -2.14. The lowest BCUT2D eigenvalue weighted by Crippen LogP contribution is -2.27. The van der Waals surface area contributed by atoms with Gasteiger partial charge in [-0.2, -0.15) is 0 Å². The summed E-state index contributed by atoms with van der Waals surface area (Å²) in [6.07, 6.45) is 0.486. The molecule has 2 atom stereocenters. The fourth-order valence-electron chi connectivity index (χ4n) is 1.26. The van der Waals surface area contributed by atoms with Crippen LogP contribution in [0.5, 0.6) is 0 Å². The maximum absolute atomic E-state index is 9.05. The Hall–Kier alpha value is -0.120. The van der Waals surface area contributed by atoms with E-state index in [0.717, 1.165) is 0 Å². The van der Waals surface area contributed by atoms with Crippen LogP contribution in [-0.4, -0.2) is 47.5 Å². The van der Waals surface area contributed by atoms with Crippen molar-refractivity contribution in [2.75, 3.05) is 20.2 Å². The molecule has 0 aliphatic carbocycles. The first-order valence-corrected chi connectivity index (χ1v) is 5.23. The van der Waals surface area contributed by atoms with Gasteiger partial charge in [0.05, 0.1) is 12.7 Å². The molecule has 0 radical (unpaired) electrons. The fourth-order valence-corrected chi connectivity index (χ4v) is 1.26. The monoisotopic (exact) mass is 191 g/mol. The van der Waals surface area contributed by atoms with E-state index in [-0.39, 0.29) is 18.8 Å². The van der Waals surface area contributed by atoms with Gasteiger partial charge >= 0.3 is 0 Å². The third kappa shape index (κ3) is 6.02. The molecule has 1 aliphatic rings. The van der Waals surface area contributed by atoms with Crippen molar-refractivity contribution in [3.63, 3.8) is 0 Å². The van der Waals surface area contributed by atoms with Gasteiger partial charge in [0.15, 0.2) is 0 Å². The van der Waals surface area contributed by atoms with Crippen molar-refractivity contribution in [2.24, 2.45) is 0 Å². The van der Waals surface area contributed by atoms with Crippen molar-refractivity contribution in [1.29, 1.82) is 0 Å². The number of likely N-dealkylation sites (tertiary alicyclic amines) is 1. The average Bonchev–Trinajstić information content (AvgIpc) is 2.51. The Bertz CT molecular complexity index is 98.9. The highest BCUT2D eigenvalue weighted by Gasteiger charge is 2.26. The molecule has 1 aliphatic heterocycles. The molecule has 0 amide bonds. The van der Waals surface area contributed by atoms with Crippen molar-refractivity contribution in [1.82, 2.24) is 4.90 Å². The first kappa shape index (κ1) is 15.4. The van der Waals surface area contributed by atoms with E-state index in [2.05, 4.69) is 0 Å². The van der Waals surface area contributed by atoms with E-state index in [0.29, 0.717) is 13.0 Å². The minimum atomic E-state index is -0.229. The van der Waals surface area contributed by atoms with Crippen LogP contribution in [0.15, 0.2) is 0 Å². The summed E-state index contributed by atoms with van der Waals surface area (Å²) in [5, 5.41) is 17.7. The first-order valence-electron chi connectivity index (χ1n) is 5.23. The fraction of sp³-hybridized carbons (Fsp3) is 1.00. The number of β-amino-alcohol motifs (C(OH)–C–C–N with tert-alkyl or cyclic N) is 1. The minimum absolute atomic E-state index is 0.160. The van der Waals surface area contributed by atoms with Gasteiger partial charge in [-0.05, 0) is 13.5 Å². The number of hydrogen-bond donors (Lipinski definition) is 2. The van der Waals surface area contributed by atoms with Crippen LogP contribution in [0, 0.1) is 0 Å². The molecule has 3 nitrogen and oxygen atoms in total. The van der Waals surface area contributed by atoms with Crippen LogP contribution in [0.4, 0.5) is 0 Å². The zero-order valence-corrected chi connectivity index (χ0v) is 9.62. The molecule has 1 fully saturated rings. The normalized spacial score (nSPS) is 27.0. The second-order valence-electron chi connectivity index (χ2n) is 2.67. The number of nitrogens with zero attached hydrogens (tertiary/aromatic N) is 1. The maximum Gasteiger partial charge on any atom is 0.0682 e. The summed E-state index contributed by atoms with van der Waals surface area (Å²) >= 11 is 0. The number of rotatable bonds is 1. The third-order valence-electron chi connectivity index (χ3n) is 1.88. The molecule has 0 bridgehead atoms. The van der Waals surface area contributed by atoms with E-state index in [9.17, 15) is 0 Å². The predicted molar refractivity (Wildman–Crippen MR) is 56.8 cm³/mol. The van der Waals surface area contributed by atoms with E-state index >= 15 is 0 Å². The average molecular weight is 191 g/mol. The summed E-state index contributed by atoms with van der Waals surface area (Å²) in [6, 6.07) is 0.181. The van der Waals surface area contributed by atoms with Crippen molar-refractivity contribution in [2.45, 2.75) is 46.3 Å². The molecule has 0 spiro atoms. The Morgan fingerprint density at radius 2 is 1.69 bits per heavy atom. The van der Waals surface area contributed by atoms with Gasteiger partial charge in [0.25, 0.3) is 0 Å². The second kappa shape index (κ2) is 9.96. The number of aliphatic hydroxyl groups excluding tert-OH is 2. The van der Waals surface area contributed by atoms with Gasteiger partial charge < -0.3 is 10.2 Å². The third-order valence-corrected chi connectivity index (χ3v) is 1.88. The molecule has 1 heterocycles. The quantitative estimate of drug-likeness (QED) is 0.652. The van der Waals surface area contributed by atoms with Gasteiger partial charge in [-0.25, -0.2) is 0 Å². The van der Waals surface area contributed by atoms with Crippen molar-refractivity contribution in [3.8, 4) is 0 Å².